The van der Waals surface area contributed by atoms with Crippen molar-refractivity contribution in [2.24, 2.45) is 0 Å². The second kappa shape index (κ2) is 8.64. The lowest BCUT2D eigenvalue weighted by atomic mass is 10.2. The highest BCUT2D eigenvalue weighted by Crippen LogP contribution is 2.16. The molecule has 104 valence electrons. The molecule has 1 rings (SSSR count). The third-order valence-electron chi connectivity index (χ3n) is 3.04. The third kappa shape index (κ3) is 5.06. The fourth-order valence-corrected chi connectivity index (χ4v) is 2.80. The molecule has 1 unspecified atom stereocenters. The van der Waals surface area contributed by atoms with E-state index in [2.05, 4.69) is 48.5 Å². The van der Waals surface area contributed by atoms with Crippen LogP contribution in [0.2, 0.25) is 0 Å². The molecule has 1 heterocycles. The van der Waals surface area contributed by atoms with Crippen molar-refractivity contribution in [3.05, 3.63) is 22.4 Å². The van der Waals surface area contributed by atoms with Crippen LogP contribution < -0.4 is 5.32 Å². The van der Waals surface area contributed by atoms with E-state index in [-0.39, 0.29) is 0 Å². The second-order valence-corrected chi connectivity index (χ2v) is 5.79. The highest BCUT2D eigenvalue weighted by Gasteiger charge is 2.21. The van der Waals surface area contributed by atoms with Gasteiger partial charge in [-0.3, -0.25) is 4.90 Å². The molecule has 0 saturated heterocycles. The smallest absolute Gasteiger partial charge is 0.0630 e. The largest absolute Gasteiger partial charge is 0.383 e. The molecule has 0 radical (unpaired) electrons. The lowest BCUT2D eigenvalue weighted by molar-refractivity contribution is 0.0649. The average Bonchev–Trinajstić information content (AvgIpc) is 2.84. The molecule has 4 heteroatoms. The fourth-order valence-electron chi connectivity index (χ4n) is 2.09. The summed E-state index contributed by atoms with van der Waals surface area (Å²) in [6.07, 6.45) is 0. The van der Waals surface area contributed by atoms with E-state index in [4.69, 9.17) is 4.74 Å². The minimum Gasteiger partial charge on any atom is -0.383 e. The molecule has 0 spiro atoms. The molecule has 0 amide bonds. The molecule has 0 fully saturated rings. The molecule has 0 aliphatic heterocycles. The monoisotopic (exact) mass is 270 g/mol. The van der Waals surface area contributed by atoms with Crippen LogP contribution in [-0.4, -0.2) is 43.8 Å². The summed E-state index contributed by atoms with van der Waals surface area (Å²) in [5.41, 5.74) is 0. The summed E-state index contributed by atoms with van der Waals surface area (Å²) >= 11 is 1.83. The van der Waals surface area contributed by atoms with Crippen molar-refractivity contribution < 1.29 is 4.74 Å². The van der Waals surface area contributed by atoms with Crippen LogP contribution in [0.4, 0.5) is 0 Å². The highest BCUT2D eigenvalue weighted by atomic mass is 32.1. The minimum atomic E-state index is 0.428. The maximum atomic E-state index is 5.37. The molecule has 18 heavy (non-hydrogen) atoms. The summed E-state index contributed by atoms with van der Waals surface area (Å²) < 4.78 is 5.37. The first-order chi connectivity index (χ1) is 8.69. The summed E-state index contributed by atoms with van der Waals surface area (Å²) in [6, 6.07) is 5.27. The number of thiophene rings is 1. The van der Waals surface area contributed by atoms with E-state index in [1.807, 2.05) is 11.3 Å². The Kier molecular flexibility index (Phi) is 7.51. The number of rotatable bonds is 9. The topological polar surface area (TPSA) is 24.5 Å². The van der Waals surface area contributed by atoms with E-state index >= 15 is 0 Å². The number of ether oxygens (including phenoxy) is 1. The molecule has 1 aromatic heterocycles. The van der Waals surface area contributed by atoms with Crippen LogP contribution in [0.5, 0.6) is 0 Å². The Labute approximate surface area is 115 Å². The molecule has 1 N–H and O–H groups in total. The molecule has 3 nitrogen and oxygen atoms in total. The Hall–Kier alpha value is -0.420. The average molecular weight is 270 g/mol. The first kappa shape index (κ1) is 15.6. The second-order valence-electron chi connectivity index (χ2n) is 4.76. The van der Waals surface area contributed by atoms with Crippen molar-refractivity contribution in [1.82, 2.24) is 10.2 Å². The van der Waals surface area contributed by atoms with Crippen LogP contribution in [0.15, 0.2) is 17.5 Å². The zero-order valence-corrected chi connectivity index (χ0v) is 12.8. The van der Waals surface area contributed by atoms with Gasteiger partial charge in [-0.15, -0.1) is 11.3 Å². The summed E-state index contributed by atoms with van der Waals surface area (Å²) in [6.45, 7) is 10.4. The third-order valence-corrected chi connectivity index (χ3v) is 3.90. The number of nitrogens with one attached hydrogen (secondary N) is 1. The number of nitrogens with zero attached hydrogens (tertiary/aromatic N) is 1. The van der Waals surface area contributed by atoms with Crippen LogP contribution in [0.3, 0.4) is 0 Å². The molecule has 0 bridgehead atoms. The predicted octanol–water partition coefficient (Wildman–Crippen LogP) is 2.58. The van der Waals surface area contributed by atoms with Crippen LogP contribution in [-0.2, 0) is 11.3 Å². The maximum absolute atomic E-state index is 5.37. The number of hydrogen-bond donors (Lipinski definition) is 1. The zero-order valence-electron chi connectivity index (χ0n) is 12.0. The van der Waals surface area contributed by atoms with Gasteiger partial charge in [0.2, 0.25) is 0 Å². The Balaban J connectivity index is 2.66. The van der Waals surface area contributed by atoms with Crippen molar-refractivity contribution in [2.75, 3.05) is 26.8 Å². The summed E-state index contributed by atoms with van der Waals surface area (Å²) in [7, 11) is 1.78. The van der Waals surface area contributed by atoms with Crippen LogP contribution in [0.25, 0.3) is 0 Å². The van der Waals surface area contributed by atoms with Gasteiger partial charge < -0.3 is 10.1 Å². The van der Waals surface area contributed by atoms with Crippen molar-refractivity contribution in [1.29, 1.82) is 0 Å². The van der Waals surface area contributed by atoms with Crippen LogP contribution >= 0.6 is 11.3 Å². The van der Waals surface area contributed by atoms with E-state index in [0.717, 1.165) is 26.2 Å². The molecule has 0 saturated carbocycles. The van der Waals surface area contributed by atoms with Gasteiger partial charge in [-0.2, -0.15) is 0 Å². The van der Waals surface area contributed by atoms with Gasteiger partial charge in [0.1, 0.15) is 0 Å². The number of hydrogen-bond acceptors (Lipinski definition) is 4. The van der Waals surface area contributed by atoms with Gasteiger partial charge in [-0.25, -0.2) is 0 Å². The molecule has 1 aromatic rings. The maximum Gasteiger partial charge on any atom is 0.0630 e. The number of likely N-dealkylation sites (N-methyl/N-ethyl adjacent to an activating group) is 1. The van der Waals surface area contributed by atoms with Gasteiger partial charge in [0.05, 0.1) is 6.61 Å². The van der Waals surface area contributed by atoms with Crippen LogP contribution in [0, 0.1) is 0 Å². The lowest BCUT2D eigenvalue weighted by Gasteiger charge is -2.34. The first-order valence-electron chi connectivity index (χ1n) is 6.66. The summed E-state index contributed by atoms with van der Waals surface area (Å²) in [5.74, 6) is 0. The Morgan fingerprint density at radius 3 is 2.72 bits per heavy atom. The lowest BCUT2D eigenvalue weighted by Crippen LogP contribution is -2.47. The predicted molar refractivity (Wildman–Crippen MR) is 79.2 cm³/mol. The van der Waals surface area contributed by atoms with Gasteiger partial charge in [-0.1, -0.05) is 13.0 Å². The number of methoxy groups -OCH3 is 1. The van der Waals surface area contributed by atoms with E-state index in [0.29, 0.717) is 12.1 Å². The van der Waals surface area contributed by atoms with Gasteiger partial charge >= 0.3 is 0 Å². The Bertz CT molecular complexity index is 301. The normalized spacial score (nSPS) is 13.4. The van der Waals surface area contributed by atoms with E-state index in [1.165, 1.54) is 4.88 Å². The van der Waals surface area contributed by atoms with Crippen molar-refractivity contribution >= 4 is 11.3 Å². The molecular weight excluding hydrogens is 244 g/mol. The summed E-state index contributed by atoms with van der Waals surface area (Å²) in [5, 5.41) is 5.57. The Morgan fingerprint density at radius 1 is 1.44 bits per heavy atom. The quantitative estimate of drug-likeness (QED) is 0.746. The molecular formula is C14H26N2OS. The van der Waals surface area contributed by atoms with E-state index in [9.17, 15) is 0 Å². The first-order valence-corrected chi connectivity index (χ1v) is 7.54. The van der Waals surface area contributed by atoms with Gasteiger partial charge in [-0.05, 0) is 31.8 Å². The molecule has 0 aliphatic rings. The van der Waals surface area contributed by atoms with Crippen LogP contribution in [0.1, 0.15) is 25.6 Å². The molecule has 0 aliphatic carbocycles. The SMILES string of the molecule is CCNCC(COC)N(Cc1cccs1)C(C)C. The van der Waals surface area contributed by atoms with E-state index < -0.39 is 0 Å². The van der Waals surface area contributed by atoms with E-state index in [1.54, 1.807) is 7.11 Å². The highest BCUT2D eigenvalue weighted by molar-refractivity contribution is 7.09. The van der Waals surface area contributed by atoms with Gasteiger partial charge in [0.25, 0.3) is 0 Å². The Morgan fingerprint density at radius 2 is 2.22 bits per heavy atom. The van der Waals surface area contributed by atoms with Crippen molar-refractivity contribution in [2.45, 2.75) is 39.4 Å². The van der Waals surface area contributed by atoms with Crippen molar-refractivity contribution in [3.8, 4) is 0 Å². The molecule has 0 aromatic carbocycles. The van der Waals surface area contributed by atoms with Gasteiger partial charge in [0, 0.05) is 37.2 Å². The summed E-state index contributed by atoms with van der Waals surface area (Å²) in [4.78, 5) is 3.93. The molecule has 1 atom stereocenters. The van der Waals surface area contributed by atoms with Crippen molar-refractivity contribution in [3.63, 3.8) is 0 Å². The fraction of sp³-hybridized carbons (Fsp3) is 0.714. The minimum absolute atomic E-state index is 0.428. The standard InChI is InChI=1S/C14H26N2OS/c1-5-15-9-13(11-17-4)16(12(2)3)10-14-7-6-8-18-14/h6-8,12-13,15H,5,9-11H2,1-4H3. The zero-order chi connectivity index (χ0) is 13.4. The van der Waals surface area contributed by atoms with Gasteiger partial charge in [0.15, 0.2) is 0 Å².